The lowest BCUT2D eigenvalue weighted by Gasteiger charge is -2.24. The van der Waals surface area contributed by atoms with Crippen molar-refractivity contribution in [2.45, 2.75) is 36.9 Å². The van der Waals surface area contributed by atoms with Crippen LogP contribution in [0, 0.1) is 0 Å². The van der Waals surface area contributed by atoms with Crippen LogP contribution in [0.2, 0.25) is 0 Å². The van der Waals surface area contributed by atoms with Crippen molar-refractivity contribution in [3.8, 4) is 0 Å². The smallest absolute Gasteiger partial charge is 0.0712 e. The molecule has 0 saturated carbocycles. The Morgan fingerprint density at radius 3 is 0.929 bits per heavy atom. The molecule has 0 aliphatic rings. The van der Waals surface area contributed by atoms with Crippen LogP contribution in [0.15, 0.2) is 0 Å². The second-order valence-corrected chi connectivity index (χ2v) is 8.83. The summed E-state index contributed by atoms with van der Waals surface area (Å²) in [5.41, 5.74) is 0. The molecular weight excluding hydrogens is 248 g/mol. The molecule has 0 bridgehead atoms. The van der Waals surface area contributed by atoms with Gasteiger partial charge in [-0.3, -0.25) is 0 Å². The topological polar surface area (TPSA) is 0 Å². The van der Waals surface area contributed by atoms with Gasteiger partial charge in [0.05, 0.1) is 9.16 Å². The first-order valence-corrected chi connectivity index (χ1v) is 9.45. The van der Waals surface area contributed by atoms with Crippen molar-refractivity contribution in [3.63, 3.8) is 0 Å². The van der Waals surface area contributed by atoms with E-state index < -0.39 is 0 Å². The van der Waals surface area contributed by atoms with E-state index in [0.29, 0.717) is 0 Å². The highest BCUT2D eigenvalue weighted by molar-refractivity contribution is 8.23. The second-order valence-electron chi connectivity index (χ2n) is 2.56. The largest absolute Gasteiger partial charge is 0.146 e. The van der Waals surface area contributed by atoms with E-state index in [1.165, 1.54) is 23.0 Å². The van der Waals surface area contributed by atoms with E-state index in [9.17, 15) is 0 Å². The van der Waals surface area contributed by atoms with Gasteiger partial charge in [0.15, 0.2) is 0 Å². The van der Waals surface area contributed by atoms with Crippen LogP contribution in [0.25, 0.3) is 0 Å². The Morgan fingerprint density at radius 1 is 0.571 bits per heavy atom. The van der Waals surface area contributed by atoms with Gasteiger partial charge >= 0.3 is 0 Å². The van der Waals surface area contributed by atoms with E-state index in [2.05, 4.69) is 74.7 Å². The van der Waals surface area contributed by atoms with Crippen molar-refractivity contribution < 1.29 is 0 Å². The third kappa shape index (κ3) is 6.81. The van der Waals surface area contributed by atoms with Gasteiger partial charge in [-0.05, 0) is 23.0 Å². The molecule has 0 aromatic rings. The first kappa shape index (κ1) is 15.4. The molecule has 0 rings (SSSR count). The van der Waals surface area contributed by atoms with Crippen LogP contribution in [-0.4, -0.2) is 32.2 Å². The van der Waals surface area contributed by atoms with E-state index in [1.807, 2.05) is 0 Å². The van der Waals surface area contributed by atoms with Gasteiger partial charge < -0.3 is 0 Å². The van der Waals surface area contributed by atoms with Crippen LogP contribution in [0.3, 0.4) is 0 Å². The van der Waals surface area contributed by atoms with E-state index in [4.69, 9.17) is 0 Å². The highest BCUT2D eigenvalue weighted by atomic mass is 32.2. The monoisotopic (exact) mass is 270 g/mol. The van der Waals surface area contributed by atoms with Crippen LogP contribution in [0.4, 0.5) is 0 Å². The summed E-state index contributed by atoms with van der Waals surface area (Å²) in [6.45, 7) is 9.05. The molecule has 0 aromatic heterocycles. The first-order valence-electron chi connectivity index (χ1n) is 5.26. The molecule has 0 aliphatic carbocycles. The molecule has 4 heteroatoms. The molecule has 0 saturated heterocycles. The van der Waals surface area contributed by atoms with Gasteiger partial charge in [-0.25, -0.2) is 0 Å². The molecule has 0 spiro atoms. The summed E-state index contributed by atoms with van der Waals surface area (Å²) in [4.78, 5) is 0. The van der Waals surface area contributed by atoms with E-state index in [0.717, 1.165) is 9.16 Å². The molecule has 0 nitrogen and oxygen atoms in total. The molecule has 0 aliphatic heterocycles. The lowest BCUT2D eigenvalue weighted by atomic mass is 10.9. The van der Waals surface area contributed by atoms with Gasteiger partial charge in [0.2, 0.25) is 0 Å². The quantitative estimate of drug-likeness (QED) is 0.559. The zero-order valence-corrected chi connectivity index (χ0v) is 12.9. The second kappa shape index (κ2) is 10.9. The molecule has 0 N–H and O–H groups in total. The highest BCUT2D eigenvalue weighted by Gasteiger charge is 2.20. The Labute approximate surface area is 107 Å². The van der Waals surface area contributed by atoms with Gasteiger partial charge in [0.25, 0.3) is 0 Å². The van der Waals surface area contributed by atoms with E-state index in [-0.39, 0.29) is 0 Å². The normalized spacial score (nSPS) is 11.6. The third-order valence-corrected chi connectivity index (χ3v) is 7.60. The molecule has 0 amide bonds. The van der Waals surface area contributed by atoms with Gasteiger partial charge in [0.1, 0.15) is 0 Å². The van der Waals surface area contributed by atoms with Crippen LogP contribution in [0.1, 0.15) is 27.7 Å². The van der Waals surface area contributed by atoms with Gasteiger partial charge in [-0.15, -0.1) is 47.0 Å². The van der Waals surface area contributed by atoms with Crippen LogP contribution >= 0.6 is 47.0 Å². The predicted octanol–water partition coefficient (Wildman–Crippen LogP) is 4.65. The number of hydrogen-bond acceptors (Lipinski definition) is 4. The van der Waals surface area contributed by atoms with Gasteiger partial charge in [0, 0.05) is 0 Å². The Kier molecular flexibility index (Phi) is 12.0. The Morgan fingerprint density at radius 2 is 0.786 bits per heavy atom. The molecule has 0 heterocycles. The number of hydrogen-bond donors (Lipinski definition) is 0. The minimum Gasteiger partial charge on any atom is -0.146 e. The van der Waals surface area contributed by atoms with Gasteiger partial charge in [-0.1, -0.05) is 27.7 Å². The standard InChI is InChI=1S/C10H22S4/c1-5-11-9(12-6-2)10(13-7-3)14-8-4/h9-10H,5-8H2,1-4H3. The van der Waals surface area contributed by atoms with Gasteiger partial charge in [-0.2, -0.15) is 0 Å². The van der Waals surface area contributed by atoms with Crippen molar-refractivity contribution >= 4 is 47.0 Å². The molecule has 0 fully saturated rings. The fraction of sp³-hybridized carbons (Fsp3) is 1.00. The zero-order valence-electron chi connectivity index (χ0n) is 9.62. The summed E-state index contributed by atoms with van der Waals surface area (Å²) >= 11 is 8.44. The highest BCUT2D eigenvalue weighted by Crippen LogP contribution is 2.39. The minimum absolute atomic E-state index is 0.778. The Hall–Kier alpha value is 1.40. The molecule has 0 atom stereocenters. The summed E-state index contributed by atoms with van der Waals surface area (Å²) < 4.78 is 1.56. The van der Waals surface area contributed by atoms with Crippen LogP contribution in [-0.2, 0) is 0 Å². The summed E-state index contributed by atoms with van der Waals surface area (Å²) in [6, 6.07) is 0. The fourth-order valence-corrected chi connectivity index (χ4v) is 7.30. The van der Waals surface area contributed by atoms with Crippen molar-refractivity contribution in [2.75, 3.05) is 23.0 Å². The lowest BCUT2D eigenvalue weighted by molar-refractivity contribution is 1.30. The molecular formula is C10H22S4. The molecule has 86 valence electrons. The predicted molar refractivity (Wildman–Crippen MR) is 80.1 cm³/mol. The van der Waals surface area contributed by atoms with Crippen LogP contribution in [0.5, 0.6) is 0 Å². The summed E-state index contributed by atoms with van der Waals surface area (Å²) in [7, 11) is 0. The fourth-order valence-electron chi connectivity index (χ4n) is 1.07. The SMILES string of the molecule is CCSC(SCC)C(SCC)SCC. The van der Waals surface area contributed by atoms with Crippen molar-refractivity contribution in [3.05, 3.63) is 0 Å². The van der Waals surface area contributed by atoms with Crippen molar-refractivity contribution in [1.82, 2.24) is 0 Å². The summed E-state index contributed by atoms with van der Waals surface area (Å²) in [5, 5.41) is 0. The average molecular weight is 271 g/mol. The Balaban J connectivity index is 4.06. The first-order chi connectivity index (χ1) is 6.79. The minimum atomic E-state index is 0.778. The third-order valence-electron chi connectivity index (χ3n) is 1.55. The maximum atomic E-state index is 2.26. The molecule has 0 radical (unpaired) electrons. The number of rotatable bonds is 9. The van der Waals surface area contributed by atoms with E-state index in [1.54, 1.807) is 0 Å². The average Bonchev–Trinajstić information content (AvgIpc) is 2.17. The summed E-state index contributed by atoms with van der Waals surface area (Å²) in [6.07, 6.45) is 0. The lowest BCUT2D eigenvalue weighted by Crippen LogP contribution is -2.14. The molecule has 0 unspecified atom stereocenters. The maximum Gasteiger partial charge on any atom is 0.0712 e. The maximum absolute atomic E-state index is 2.26. The van der Waals surface area contributed by atoms with Crippen molar-refractivity contribution in [2.24, 2.45) is 0 Å². The summed E-state index contributed by atoms with van der Waals surface area (Å²) in [5.74, 6) is 4.96. The van der Waals surface area contributed by atoms with Crippen LogP contribution < -0.4 is 0 Å². The zero-order chi connectivity index (χ0) is 10.8. The van der Waals surface area contributed by atoms with E-state index >= 15 is 0 Å². The Bertz CT molecular complexity index is 92.7. The molecule has 0 aromatic carbocycles. The van der Waals surface area contributed by atoms with Crippen molar-refractivity contribution in [1.29, 1.82) is 0 Å². The number of thioether (sulfide) groups is 4. The molecule has 14 heavy (non-hydrogen) atoms.